The van der Waals surface area contributed by atoms with Gasteiger partial charge in [-0.2, -0.15) is 0 Å². The fourth-order valence-electron chi connectivity index (χ4n) is 3.52. The fraction of sp³-hybridized carbons (Fsp3) is 0.625. The van der Waals surface area contributed by atoms with Gasteiger partial charge in [0.05, 0.1) is 0 Å². The molecule has 3 rings (SSSR count). The van der Waals surface area contributed by atoms with E-state index in [0.717, 1.165) is 11.8 Å². The van der Waals surface area contributed by atoms with Gasteiger partial charge in [-0.15, -0.1) is 0 Å². The van der Waals surface area contributed by atoms with Crippen LogP contribution < -0.4 is 10.6 Å². The average Bonchev–Trinajstić information content (AvgIpc) is 2.49. The van der Waals surface area contributed by atoms with Gasteiger partial charge in [0, 0.05) is 0 Å². The second-order valence-corrected chi connectivity index (χ2v) is 5.68. The minimum Gasteiger partial charge on any atom is -0.317 e. The summed E-state index contributed by atoms with van der Waals surface area (Å²) in [7, 11) is 0. The fourth-order valence-corrected chi connectivity index (χ4v) is 3.52. The molecule has 2 aliphatic heterocycles. The first-order valence-electron chi connectivity index (χ1n) is 7.45. The van der Waals surface area contributed by atoms with E-state index in [1.807, 2.05) is 0 Å². The predicted molar refractivity (Wildman–Crippen MR) is 76.1 cm³/mol. The van der Waals surface area contributed by atoms with Crippen molar-refractivity contribution >= 4 is 0 Å². The van der Waals surface area contributed by atoms with Gasteiger partial charge in [-0.05, 0) is 74.8 Å². The minimum atomic E-state index is 0.789. The van der Waals surface area contributed by atoms with Crippen molar-refractivity contribution in [1.29, 1.82) is 0 Å². The molecule has 2 heterocycles. The number of nitrogens with one attached hydrogen (secondary N) is 2. The molecule has 2 nitrogen and oxygen atoms in total. The lowest BCUT2D eigenvalue weighted by atomic mass is 9.80. The molecular weight excluding hydrogens is 220 g/mol. The molecule has 2 heteroatoms. The predicted octanol–water partition coefficient (Wildman–Crippen LogP) is 2.62. The van der Waals surface area contributed by atoms with Crippen molar-refractivity contribution in [3.63, 3.8) is 0 Å². The van der Waals surface area contributed by atoms with Gasteiger partial charge in [0.1, 0.15) is 0 Å². The molecule has 0 radical (unpaired) electrons. The largest absolute Gasteiger partial charge is 0.317 e. The molecule has 18 heavy (non-hydrogen) atoms. The Balaban J connectivity index is 1.83. The van der Waals surface area contributed by atoms with Crippen molar-refractivity contribution in [2.45, 2.75) is 37.5 Å². The van der Waals surface area contributed by atoms with Crippen LogP contribution in [0.25, 0.3) is 0 Å². The molecule has 2 saturated heterocycles. The summed E-state index contributed by atoms with van der Waals surface area (Å²) in [5, 5.41) is 6.95. The van der Waals surface area contributed by atoms with E-state index in [-0.39, 0.29) is 0 Å². The van der Waals surface area contributed by atoms with E-state index in [4.69, 9.17) is 0 Å². The second kappa shape index (κ2) is 5.85. The van der Waals surface area contributed by atoms with Gasteiger partial charge < -0.3 is 10.6 Å². The number of piperidine rings is 2. The number of hydrogen-bond acceptors (Lipinski definition) is 2. The van der Waals surface area contributed by atoms with Gasteiger partial charge in [0.2, 0.25) is 0 Å². The molecule has 2 aliphatic rings. The maximum Gasteiger partial charge on any atom is -0.00431 e. The van der Waals surface area contributed by atoms with Gasteiger partial charge in [0.15, 0.2) is 0 Å². The summed E-state index contributed by atoms with van der Waals surface area (Å²) in [6, 6.07) is 9.21. The van der Waals surface area contributed by atoms with Crippen LogP contribution in [0.4, 0.5) is 0 Å². The van der Waals surface area contributed by atoms with Crippen LogP contribution in [-0.4, -0.2) is 26.2 Å². The van der Waals surface area contributed by atoms with Crippen LogP contribution in [0.1, 0.15) is 48.6 Å². The smallest absolute Gasteiger partial charge is 0.00431 e. The Kier molecular flexibility index (Phi) is 3.96. The van der Waals surface area contributed by atoms with E-state index in [2.05, 4.69) is 34.9 Å². The summed E-state index contributed by atoms with van der Waals surface area (Å²) < 4.78 is 0. The molecule has 0 aliphatic carbocycles. The lowest BCUT2D eigenvalue weighted by Gasteiger charge is -2.30. The highest BCUT2D eigenvalue weighted by atomic mass is 14.9. The van der Waals surface area contributed by atoms with Crippen molar-refractivity contribution in [2.75, 3.05) is 26.2 Å². The molecular formula is C16H24N2. The minimum absolute atomic E-state index is 0.789. The van der Waals surface area contributed by atoms with Gasteiger partial charge in [0.25, 0.3) is 0 Å². The van der Waals surface area contributed by atoms with Gasteiger partial charge >= 0.3 is 0 Å². The summed E-state index contributed by atoms with van der Waals surface area (Å²) in [5.41, 5.74) is 3.29. The average molecular weight is 244 g/mol. The van der Waals surface area contributed by atoms with Crippen LogP contribution in [0.2, 0.25) is 0 Å². The zero-order valence-corrected chi connectivity index (χ0v) is 11.1. The van der Waals surface area contributed by atoms with Gasteiger partial charge in [-0.3, -0.25) is 0 Å². The van der Waals surface area contributed by atoms with Gasteiger partial charge in [-0.1, -0.05) is 24.3 Å². The molecule has 0 bridgehead atoms. The number of benzene rings is 1. The molecule has 98 valence electrons. The molecule has 0 aromatic heterocycles. The Morgan fingerprint density at radius 1 is 0.667 bits per heavy atom. The number of hydrogen-bond donors (Lipinski definition) is 2. The standard InChI is InChI=1S/C16H24N2/c1-2-4-16(14-7-11-18-12-8-14)15(3-1)13-5-9-17-10-6-13/h1-4,13-14,17-18H,5-12H2. The van der Waals surface area contributed by atoms with E-state index in [0.29, 0.717) is 0 Å². The summed E-state index contributed by atoms with van der Waals surface area (Å²) in [4.78, 5) is 0. The van der Waals surface area contributed by atoms with E-state index < -0.39 is 0 Å². The summed E-state index contributed by atoms with van der Waals surface area (Å²) in [6.45, 7) is 4.74. The SMILES string of the molecule is c1ccc(C2CCNCC2)c(C2CCNCC2)c1. The Labute approximate surface area is 110 Å². The first-order valence-corrected chi connectivity index (χ1v) is 7.45. The zero-order chi connectivity index (χ0) is 12.2. The summed E-state index contributed by atoms with van der Waals surface area (Å²) in [5.74, 6) is 1.58. The molecule has 0 saturated carbocycles. The third kappa shape index (κ3) is 2.60. The second-order valence-electron chi connectivity index (χ2n) is 5.68. The molecule has 0 spiro atoms. The third-order valence-corrected chi connectivity index (χ3v) is 4.55. The molecule has 0 unspecified atom stereocenters. The topological polar surface area (TPSA) is 24.1 Å². The molecule has 0 amide bonds. The molecule has 1 aromatic carbocycles. The van der Waals surface area contributed by atoms with Crippen molar-refractivity contribution < 1.29 is 0 Å². The van der Waals surface area contributed by atoms with Crippen LogP contribution >= 0.6 is 0 Å². The Bertz CT molecular complexity index is 339. The van der Waals surface area contributed by atoms with Crippen LogP contribution in [-0.2, 0) is 0 Å². The van der Waals surface area contributed by atoms with E-state index >= 15 is 0 Å². The quantitative estimate of drug-likeness (QED) is 0.835. The highest BCUT2D eigenvalue weighted by Crippen LogP contribution is 2.35. The normalized spacial score (nSPS) is 23.1. The highest BCUT2D eigenvalue weighted by molar-refractivity contribution is 5.34. The van der Waals surface area contributed by atoms with Crippen LogP contribution in [0, 0.1) is 0 Å². The lowest BCUT2D eigenvalue weighted by Crippen LogP contribution is -2.29. The highest BCUT2D eigenvalue weighted by Gasteiger charge is 2.23. The lowest BCUT2D eigenvalue weighted by molar-refractivity contribution is 0.435. The molecule has 1 aromatic rings. The van der Waals surface area contributed by atoms with Crippen LogP contribution in [0.5, 0.6) is 0 Å². The van der Waals surface area contributed by atoms with Crippen LogP contribution in [0.15, 0.2) is 24.3 Å². The van der Waals surface area contributed by atoms with Crippen molar-refractivity contribution in [3.8, 4) is 0 Å². The first kappa shape index (κ1) is 12.2. The van der Waals surface area contributed by atoms with Crippen molar-refractivity contribution in [2.24, 2.45) is 0 Å². The van der Waals surface area contributed by atoms with Crippen molar-refractivity contribution in [3.05, 3.63) is 35.4 Å². The molecule has 0 atom stereocenters. The Morgan fingerprint density at radius 2 is 1.06 bits per heavy atom. The summed E-state index contributed by atoms with van der Waals surface area (Å²) >= 11 is 0. The third-order valence-electron chi connectivity index (χ3n) is 4.55. The maximum atomic E-state index is 3.47. The monoisotopic (exact) mass is 244 g/mol. The Hall–Kier alpha value is -0.860. The summed E-state index contributed by atoms with van der Waals surface area (Å²) in [6.07, 6.45) is 5.23. The van der Waals surface area contributed by atoms with E-state index in [1.165, 1.54) is 51.9 Å². The zero-order valence-electron chi connectivity index (χ0n) is 11.1. The molecule has 2 N–H and O–H groups in total. The van der Waals surface area contributed by atoms with Crippen LogP contribution in [0.3, 0.4) is 0 Å². The Morgan fingerprint density at radius 3 is 1.44 bits per heavy atom. The molecule has 2 fully saturated rings. The van der Waals surface area contributed by atoms with E-state index in [9.17, 15) is 0 Å². The number of rotatable bonds is 2. The van der Waals surface area contributed by atoms with E-state index in [1.54, 1.807) is 11.1 Å². The van der Waals surface area contributed by atoms with Crippen molar-refractivity contribution in [1.82, 2.24) is 10.6 Å². The van der Waals surface area contributed by atoms with Gasteiger partial charge in [-0.25, -0.2) is 0 Å². The first-order chi connectivity index (χ1) is 8.95. The maximum absolute atomic E-state index is 3.47.